The van der Waals surface area contributed by atoms with E-state index < -0.39 is 11.6 Å². The van der Waals surface area contributed by atoms with Crippen LogP contribution in [-0.4, -0.2) is 6.04 Å². The van der Waals surface area contributed by atoms with Crippen LogP contribution in [-0.2, 0) is 12.8 Å². The van der Waals surface area contributed by atoms with Crippen molar-refractivity contribution in [1.82, 2.24) is 0 Å². The van der Waals surface area contributed by atoms with Crippen molar-refractivity contribution < 1.29 is 13.2 Å². The zero-order chi connectivity index (χ0) is 13.8. The smallest absolute Gasteiger partial charge is 0.159 e. The molecular weight excluding hydrogens is 251 g/mol. The van der Waals surface area contributed by atoms with Gasteiger partial charge in [-0.25, -0.2) is 13.2 Å². The summed E-state index contributed by atoms with van der Waals surface area (Å²) >= 11 is 0. The van der Waals surface area contributed by atoms with Crippen LogP contribution in [0.3, 0.4) is 0 Å². The molecule has 2 N–H and O–H groups in total. The van der Waals surface area contributed by atoms with Gasteiger partial charge in [-0.1, -0.05) is 18.2 Å². The molecule has 0 fully saturated rings. The maximum atomic E-state index is 13.0. The second-order valence-corrected chi connectivity index (χ2v) is 4.55. The summed E-state index contributed by atoms with van der Waals surface area (Å²) in [6.45, 7) is 0. The molecule has 4 heteroatoms. The van der Waals surface area contributed by atoms with Crippen molar-refractivity contribution >= 4 is 0 Å². The third-order valence-corrected chi connectivity index (χ3v) is 2.87. The van der Waals surface area contributed by atoms with Gasteiger partial charge in [0.2, 0.25) is 0 Å². The molecule has 0 amide bonds. The summed E-state index contributed by atoms with van der Waals surface area (Å²) in [7, 11) is 0. The normalized spacial score (nSPS) is 12.4. The average molecular weight is 265 g/mol. The van der Waals surface area contributed by atoms with Gasteiger partial charge in [-0.3, -0.25) is 0 Å². The lowest BCUT2D eigenvalue weighted by Crippen LogP contribution is -2.25. The Bertz CT molecular complexity index is 569. The highest BCUT2D eigenvalue weighted by atomic mass is 19.2. The number of halogens is 3. The standard InChI is InChI=1S/C15H14F3N/c16-12-3-1-2-10(6-12)7-13(19)8-11-4-5-14(17)15(18)9-11/h1-6,9,13H,7-8,19H2. The fourth-order valence-electron chi connectivity index (χ4n) is 2.01. The van der Waals surface area contributed by atoms with Crippen molar-refractivity contribution in [2.75, 3.05) is 0 Å². The number of hydrogen-bond acceptors (Lipinski definition) is 1. The molecule has 2 aromatic rings. The third-order valence-electron chi connectivity index (χ3n) is 2.87. The molecule has 0 aliphatic carbocycles. The highest BCUT2D eigenvalue weighted by molar-refractivity contribution is 5.21. The fraction of sp³-hybridized carbons (Fsp3) is 0.200. The first kappa shape index (κ1) is 13.6. The van der Waals surface area contributed by atoms with Gasteiger partial charge in [0.15, 0.2) is 11.6 Å². The number of nitrogens with two attached hydrogens (primary N) is 1. The topological polar surface area (TPSA) is 26.0 Å². The summed E-state index contributed by atoms with van der Waals surface area (Å²) < 4.78 is 38.8. The van der Waals surface area contributed by atoms with E-state index in [1.807, 2.05) is 0 Å². The lowest BCUT2D eigenvalue weighted by molar-refractivity contribution is 0.506. The first-order valence-electron chi connectivity index (χ1n) is 5.98. The summed E-state index contributed by atoms with van der Waals surface area (Å²) in [6.07, 6.45) is 0.893. The summed E-state index contributed by atoms with van der Waals surface area (Å²) in [5.74, 6) is -2.06. The van der Waals surface area contributed by atoms with E-state index >= 15 is 0 Å². The molecule has 100 valence electrons. The summed E-state index contributed by atoms with van der Waals surface area (Å²) in [5, 5.41) is 0. The van der Waals surface area contributed by atoms with E-state index in [1.54, 1.807) is 12.1 Å². The number of rotatable bonds is 4. The monoisotopic (exact) mass is 265 g/mol. The lowest BCUT2D eigenvalue weighted by atomic mass is 9.99. The van der Waals surface area contributed by atoms with Crippen molar-refractivity contribution in [3.8, 4) is 0 Å². The molecule has 2 aromatic carbocycles. The molecule has 0 heterocycles. The Hall–Kier alpha value is -1.81. The van der Waals surface area contributed by atoms with Crippen molar-refractivity contribution in [3.63, 3.8) is 0 Å². The second kappa shape index (κ2) is 5.89. The molecule has 0 bridgehead atoms. The van der Waals surface area contributed by atoms with Crippen LogP contribution in [0.25, 0.3) is 0 Å². The Kier molecular flexibility index (Phi) is 4.22. The van der Waals surface area contributed by atoms with Gasteiger partial charge in [0, 0.05) is 6.04 Å². The van der Waals surface area contributed by atoms with E-state index in [-0.39, 0.29) is 11.9 Å². The van der Waals surface area contributed by atoms with Crippen LogP contribution in [0.5, 0.6) is 0 Å². The van der Waals surface area contributed by atoms with Crippen LogP contribution in [0.4, 0.5) is 13.2 Å². The molecule has 0 radical (unpaired) electrons. The van der Waals surface area contributed by atoms with Crippen LogP contribution in [0.2, 0.25) is 0 Å². The Morgan fingerprint density at radius 3 is 2.16 bits per heavy atom. The predicted octanol–water partition coefficient (Wildman–Crippen LogP) is 3.22. The van der Waals surface area contributed by atoms with Crippen LogP contribution >= 0.6 is 0 Å². The highest BCUT2D eigenvalue weighted by Crippen LogP contribution is 2.12. The highest BCUT2D eigenvalue weighted by Gasteiger charge is 2.08. The van der Waals surface area contributed by atoms with E-state index in [4.69, 9.17) is 5.73 Å². The van der Waals surface area contributed by atoms with Gasteiger partial charge >= 0.3 is 0 Å². The molecule has 0 saturated carbocycles. The molecule has 0 aliphatic rings. The quantitative estimate of drug-likeness (QED) is 0.902. The molecule has 0 saturated heterocycles. The Balaban J connectivity index is 2.01. The first-order chi connectivity index (χ1) is 9.04. The third kappa shape index (κ3) is 3.83. The molecule has 1 atom stereocenters. The van der Waals surface area contributed by atoms with Crippen LogP contribution < -0.4 is 5.73 Å². The maximum absolute atomic E-state index is 13.0. The van der Waals surface area contributed by atoms with Gasteiger partial charge in [-0.2, -0.15) is 0 Å². The minimum absolute atomic E-state index is 0.272. The fourth-order valence-corrected chi connectivity index (χ4v) is 2.01. The Labute approximate surface area is 109 Å². The first-order valence-corrected chi connectivity index (χ1v) is 5.98. The van der Waals surface area contributed by atoms with Gasteiger partial charge in [0.05, 0.1) is 0 Å². The van der Waals surface area contributed by atoms with E-state index in [0.29, 0.717) is 18.4 Å². The summed E-state index contributed by atoms with van der Waals surface area (Å²) in [6, 6.07) is 9.65. The van der Waals surface area contributed by atoms with Crippen molar-refractivity contribution in [3.05, 3.63) is 71.0 Å². The number of benzene rings is 2. The minimum atomic E-state index is -0.879. The van der Waals surface area contributed by atoms with E-state index in [9.17, 15) is 13.2 Å². The molecule has 0 spiro atoms. The van der Waals surface area contributed by atoms with Crippen molar-refractivity contribution in [2.45, 2.75) is 18.9 Å². The van der Waals surface area contributed by atoms with Gasteiger partial charge in [0.25, 0.3) is 0 Å². The predicted molar refractivity (Wildman–Crippen MR) is 68.1 cm³/mol. The number of hydrogen-bond donors (Lipinski definition) is 1. The maximum Gasteiger partial charge on any atom is 0.159 e. The molecular formula is C15H14F3N. The molecule has 1 nitrogen and oxygen atoms in total. The summed E-state index contributed by atoms with van der Waals surface area (Å²) in [5.41, 5.74) is 7.35. The van der Waals surface area contributed by atoms with Gasteiger partial charge in [-0.05, 0) is 48.2 Å². The molecule has 19 heavy (non-hydrogen) atoms. The molecule has 0 aliphatic heterocycles. The van der Waals surface area contributed by atoms with Crippen LogP contribution in [0.15, 0.2) is 42.5 Å². The average Bonchev–Trinajstić information content (AvgIpc) is 2.34. The minimum Gasteiger partial charge on any atom is -0.327 e. The van der Waals surface area contributed by atoms with E-state index in [2.05, 4.69) is 0 Å². The van der Waals surface area contributed by atoms with Crippen LogP contribution in [0.1, 0.15) is 11.1 Å². The van der Waals surface area contributed by atoms with Gasteiger partial charge in [-0.15, -0.1) is 0 Å². The lowest BCUT2D eigenvalue weighted by Gasteiger charge is -2.12. The van der Waals surface area contributed by atoms with E-state index in [0.717, 1.165) is 17.7 Å². The molecule has 2 rings (SSSR count). The van der Waals surface area contributed by atoms with Crippen molar-refractivity contribution in [1.29, 1.82) is 0 Å². The molecule has 1 unspecified atom stereocenters. The largest absolute Gasteiger partial charge is 0.327 e. The zero-order valence-electron chi connectivity index (χ0n) is 10.2. The second-order valence-electron chi connectivity index (χ2n) is 4.55. The van der Waals surface area contributed by atoms with Crippen LogP contribution in [0, 0.1) is 17.5 Å². The summed E-state index contributed by atoms with van der Waals surface area (Å²) in [4.78, 5) is 0. The van der Waals surface area contributed by atoms with Gasteiger partial charge < -0.3 is 5.73 Å². The van der Waals surface area contributed by atoms with Gasteiger partial charge in [0.1, 0.15) is 5.82 Å². The van der Waals surface area contributed by atoms with E-state index in [1.165, 1.54) is 18.2 Å². The van der Waals surface area contributed by atoms with Crippen molar-refractivity contribution in [2.24, 2.45) is 5.73 Å². The zero-order valence-corrected chi connectivity index (χ0v) is 10.2. The Morgan fingerprint density at radius 1 is 0.842 bits per heavy atom. The Morgan fingerprint density at radius 2 is 1.53 bits per heavy atom. The molecule has 0 aromatic heterocycles. The SMILES string of the molecule is NC(Cc1cccc(F)c1)Cc1ccc(F)c(F)c1.